The van der Waals surface area contributed by atoms with Gasteiger partial charge in [0.15, 0.2) is 0 Å². The van der Waals surface area contributed by atoms with Gasteiger partial charge in [0.2, 0.25) is 0 Å². The number of hydrogen-bond acceptors (Lipinski definition) is 2. The van der Waals surface area contributed by atoms with E-state index in [1.54, 1.807) is 0 Å². The van der Waals surface area contributed by atoms with Crippen molar-refractivity contribution in [2.45, 2.75) is 52.6 Å². The molecule has 3 heteroatoms. The highest BCUT2D eigenvalue weighted by Crippen LogP contribution is 2.48. The summed E-state index contributed by atoms with van der Waals surface area (Å²) < 4.78 is 2.02. The van der Waals surface area contributed by atoms with E-state index in [0.29, 0.717) is 5.92 Å². The molecule has 0 aromatic carbocycles. The summed E-state index contributed by atoms with van der Waals surface area (Å²) in [5, 5.41) is 11.0. The first-order chi connectivity index (χ1) is 7.73. The highest BCUT2D eigenvalue weighted by molar-refractivity contribution is 5.16. The quantitative estimate of drug-likeness (QED) is 0.814. The van der Waals surface area contributed by atoms with Gasteiger partial charge in [0, 0.05) is 7.05 Å². The molecule has 1 aromatic rings. The molecule has 1 aromatic heterocycles. The Morgan fingerprint density at radius 2 is 2.06 bits per heavy atom. The molecule has 1 aliphatic rings. The van der Waals surface area contributed by atoms with Crippen LogP contribution in [0.4, 0.5) is 0 Å². The number of aromatic nitrogens is 2. The smallest absolute Gasteiger partial charge is 0.107 e. The van der Waals surface area contributed by atoms with Crippen LogP contribution in [-0.2, 0) is 12.6 Å². The van der Waals surface area contributed by atoms with E-state index in [0.717, 1.165) is 24.4 Å². The van der Waals surface area contributed by atoms with Gasteiger partial charge in [-0.3, -0.25) is 0 Å². The van der Waals surface area contributed by atoms with Crippen molar-refractivity contribution in [3.63, 3.8) is 0 Å². The Hall–Kier alpha value is -0.830. The predicted octanol–water partition coefficient (Wildman–Crippen LogP) is 2.76. The highest BCUT2D eigenvalue weighted by atomic mass is 16.3. The zero-order valence-electron chi connectivity index (χ0n) is 11.6. The molecule has 0 saturated heterocycles. The molecule has 96 valence electrons. The van der Waals surface area contributed by atoms with E-state index in [9.17, 15) is 5.11 Å². The van der Waals surface area contributed by atoms with Gasteiger partial charge in [-0.1, -0.05) is 20.8 Å². The molecule has 2 atom stereocenters. The number of aliphatic hydroxyl groups is 1. The average molecular weight is 236 g/mol. The molecule has 2 unspecified atom stereocenters. The van der Waals surface area contributed by atoms with Crippen LogP contribution in [0.25, 0.3) is 0 Å². The van der Waals surface area contributed by atoms with Crippen molar-refractivity contribution in [2.75, 3.05) is 0 Å². The van der Waals surface area contributed by atoms with Gasteiger partial charge in [0.1, 0.15) is 11.4 Å². The molecule has 1 aliphatic carbocycles. The topological polar surface area (TPSA) is 38.1 Å². The van der Waals surface area contributed by atoms with E-state index >= 15 is 0 Å². The second-order valence-electron chi connectivity index (χ2n) is 6.64. The van der Waals surface area contributed by atoms with E-state index in [4.69, 9.17) is 0 Å². The molecule has 1 saturated carbocycles. The molecule has 0 radical (unpaired) electrons. The Bertz CT molecular complexity index is 422. The van der Waals surface area contributed by atoms with Crippen molar-refractivity contribution < 1.29 is 5.11 Å². The maximum absolute atomic E-state index is 11.0. The van der Waals surface area contributed by atoms with Crippen LogP contribution in [0.5, 0.6) is 0 Å². The second-order valence-corrected chi connectivity index (χ2v) is 6.64. The minimum Gasteiger partial charge on any atom is -0.384 e. The second kappa shape index (κ2) is 3.84. The predicted molar refractivity (Wildman–Crippen MR) is 68.6 cm³/mol. The van der Waals surface area contributed by atoms with Crippen molar-refractivity contribution in [1.29, 1.82) is 0 Å². The summed E-state index contributed by atoms with van der Waals surface area (Å²) in [6.45, 7) is 8.70. The fourth-order valence-corrected chi connectivity index (χ4v) is 3.66. The fraction of sp³-hybridized carbons (Fsp3) is 0.786. The van der Waals surface area contributed by atoms with Crippen molar-refractivity contribution >= 4 is 0 Å². The Labute approximate surface area is 104 Å². The number of imidazole rings is 1. The summed E-state index contributed by atoms with van der Waals surface area (Å²) in [5.41, 5.74) is 0.455. The minimum atomic E-state index is -0.711. The fourth-order valence-electron chi connectivity index (χ4n) is 3.66. The Morgan fingerprint density at radius 3 is 2.53 bits per heavy atom. The van der Waals surface area contributed by atoms with E-state index in [1.807, 2.05) is 24.7 Å². The van der Waals surface area contributed by atoms with Crippen molar-refractivity contribution in [1.82, 2.24) is 9.55 Å². The van der Waals surface area contributed by atoms with E-state index in [2.05, 4.69) is 25.8 Å². The molecular weight excluding hydrogens is 212 g/mol. The van der Waals surface area contributed by atoms with Gasteiger partial charge in [0.25, 0.3) is 0 Å². The van der Waals surface area contributed by atoms with Gasteiger partial charge < -0.3 is 9.67 Å². The van der Waals surface area contributed by atoms with Crippen molar-refractivity contribution in [3.8, 4) is 0 Å². The zero-order chi connectivity index (χ0) is 12.8. The summed E-state index contributed by atoms with van der Waals surface area (Å²) in [5.74, 6) is 1.52. The number of nitrogens with zero attached hydrogens (tertiary/aromatic N) is 2. The number of hydrogen-bond donors (Lipinski definition) is 1. The molecule has 2 rings (SSSR count). The van der Waals surface area contributed by atoms with Crippen LogP contribution in [0.3, 0.4) is 0 Å². The van der Waals surface area contributed by atoms with Gasteiger partial charge in [-0.05, 0) is 37.5 Å². The first kappa shape index (κ1) is 12.6. The number of aryl methyl sites for hydroxylation is 1. The summed E-state index contributed by atoms with van der Waals surface area (Å²) in [7, 11) is 1.99. The van der Waals surface area contributed by atoms with Crippen molar-refractivity contribution in [3.05, 3.63) is 17.7 Å². The average Bonchev–Trinajstić information content (AvgIpc) is 2.43. The molecule has 0 spiro atoms. The minimum absolute atomic E-state index is 0.199. The molecule has 1 fully saturated rings. The zero-order valence-corrected chi connectivity index (χ0v) is 11.6. The molecule has 1 N–H and O–H groups in total. The standard InChI is InChI=1S/C14H24N2O/c1-10-6-13(3,4)9-14(17,7-10)12-8-15-11(2)16(12)5/h8,10,17H,6-7,9H2,1-5H3. The van der Waals surface area contributed by atoms with Crippen LogP contribution in [0.2, 0.25) is 0 Å². The lowest BCUT2D eigenvalue weighted by molar-refractivity contribution is -0.0684. The van der Waals surface area contributed by atoms with Gasteiger partial charge in [-0.15, -0.1) is 0 Å². The molecule has 1 heterocycles. The van der Waals surface area contributed by atoms with E-state index in [-0.39, 0.29) is 5.41 Å². The summed E-state index contributed by atoms with van der Waals surface area (Å²) >= 11 is 0. The third-order valence-electron chi connectivity index (χ3n) is 4.06. The molecule has 0 amide bonds. The maximum atomic E-state index is 11.0. The van der Waals surface area contributed by atoms with E-state index < -0.39 is 5.60 Å². The van der Waals surface area contributed by atoms with Crippen LogP contribution >= 0.6 is 0 Å². The normalized spacial score (nSPS) is 32.7. The van der Waals surface area contributed by atoms with Crippen LogP contribution in [0, 0.1) is 18.3 Å². The third-order valence-corrected chi connectivity index (χ3v) is 4.06. The maximum Gasteiger partial charge on any atom is 0.107 e. The largest absolute Gasteiger partial charge is 0.384 e. The third kappa shape index (κ3) is 2.25. The highest BCUT2D eigenvalue weighted by Gasteiger charge is 2.44. The molecule has 17 heavy (non-hydrogen) atoms. The van der Waals surface area contributed by atoms with Crippen molar-refractivity contribution in [2.24, 2.45) is 18.4 Å². The van der Waals surface area contributed by atoms with Crippen LogP contribution in [0.15, 0.2) is 6.20 Å². The summed E-state index contributed by atoms with van der Waals surface area (Å²) in [4.78, 5) is 4.31. The molecule has 3 nitrogen and oxygen atoms in total. The molecule has 0 bridgehead atoms. The molecule has 0 aliphatic heterocycles. The summed E-state index contributed by atoms with van der Waals surface area (Å²) in [6, 6.07) is 0. The van der Waals surface area contributed by atoms with Gasteiger partial charge in [-0.2, -0.15) is 0 Å². The monoisotopic (exact) mass is 236 g/mol. The van der Waals surface area contributed by atoms with Gasteiger partial charge >= 0.3 is 0 Å². The molecular formula is C14H24N2O. The number of rotatable bonds is 1. The van der Waals surface area contributed by atoms with Crippen LogP contribution in [0.1, 0.15) is 51.6 Å². The first-order valence-electron chi connectivity index (χ1n) is 6.45. The Balaban J connectivity index is 2.38. The lowest BCUT2D eigenvalue weighted by atomic mass is 9.65. The van der Waals surface area contributed by atoms with Crippen LogP contribution in [-0.4, -0.2) is 14.7 Å². The Kier molecular flexibility index (Phi) is 2.85. The van der Waals surface area contributed by atoms with E-state index in [1.165, 1.54) is 6.42 Å². The Morgan fingerprint density at radius 1 is 1.41 bits per heavy atom. The van der Waals surface area contributed by atoms with Gasteiger partial charge in [0.05, 0.1) is 11.9 Å². The lowest BCUT2D eigenvalue weighted by Crippen LogP contribution is -2.41. The van der Waals surface area contributed by atoms with Gasteiger partial charge in [-0.25, -0.2) is 4.98 Å². The van der Waals surface area contributed by atoms with Crippen LogP contribution < -0.4 is 0 Å². The first-order valence-corrected chi connectivity index (χ1v) is 6.45. The SMILES string of the molecule is Cc1ncc(C2(O)CC(C)CC(C)(C)C2)n1C. The lowest BCUT2D eigenvalue weighted by Gasteiger charge is -2.44. The summed E-state index contributed by atoms with van der Waals surface area (Å²) in [6.07, 6.45) is 4.69.